The van der Waals surface area contributed by atoms with Gasteiger partial charge in [0.2, 0.25) is 0 Å². The van der Waals surface area contributed by atoms with E-state index in [0.29, 0.717) is 12.1 Å². The van der Waals surface area contributed by atoms with Crippen molar-refractivity contribution in [3.05, 3.63) is 0 Å². The molecule has 3 nitrogen and oxygen atoms in total. The third-order valence-corrected chi connectivity index (χ3v) is 4.56. The predicted octanol–water partition coefficient (Wildman–Crippen LogP) is 3.29. The van der Waals surface area contributed by atoms with E-state index in [1.165, 1.54) is 51.5 Å². The average molecular weight is 300 g/mol. The van der Waals surface area contributed by atoms with E-state index in [1.54, 1.807) is 0 Å². The molecule has 1 rings (SSSR count). The first-order valence-corrected chi connectivity index (χ1v) is 8.85. The van der Waals surface area contributed by atoms with Crippen molar-refractivity contribution in [3.63, 3.8) is 0 Å². The molecule has 0 radical (unpaired) electrons. The minimum absolute atomic E-state index is 0.467. The molecule has 20 heavy (non-hydrogen) atoms. The van der Waals surface area contributed by atoms with Crippen LogP contribution in [0.3, 0.4) is 0 Å². The van der Waals surface area contributed by atoms with Gasteiger partial charge in [-0.05, 0) is 64.5 Å². The molecular formula is C16H33N3S. The molecule has 1 saturated carbocycles. The number of nitrogens with one attached hydrogen (secondary N) is 2. The standard InChI is InChI=1S/C16H33N3S/c1-4-19(5-2)13-9-10-14(3)17-16(20)18-15-11-7-6-8-12-15/h14-15H,4-13H2,1-3H3,(H2,17,18,20). The molecule has 0 spiro atoms. The highest BCUT2D eigenvalue weighted by atomic mass is 32.1. The second-order valence-corrected chi connectivity index (χ2v) is 6.43. The summed E-state index contributed by atoms with van der Waals surface area (Å²) in [7, 11) is 0. The maximum absolute atomic E-state index is 5.43. The lowest BCUT2D eigenvalue weighted by Gasteiger charge is -2.26. The van der Waals surface area contributed by atoms with Crippen LogP contribution in [-0.4, -0.2) is 41.7 Å². The largest absolute Gasteiger partial charge is 0.360 e. The van der Waals surface area contributed by atoms with Crippen LogP contribution in [0.15, 0.2) is 0 Å². The van der Waals surface area contributed by atoms with Crippen molar-refractivity contribution in [1.82, 2.24) is 15.5 Å². The minimum Gasteiger partial charge on any atom is -0.360 e. The van der Waals surface area contributed by atoms with E-state index < -0.39 is 0 Å². The summed E-state index contributed by atoms with van der Waals surface area (Å²) in [5.74, 6) is 0. The van der Waals surface area contributed by atoms with E-state index in [4.69, 9.17) is 12.2 Å². The lowest BCUT2D eigenvalue weighted by molar-refractivity contribution is 0.292. The van der Waals surface area contributed by atoms with Crippen LogP contribution in [0.1, 0.15) is 65.7 Å². The Balaban J connectivity index is 2.11. The van der Waals surface area contributed by atoms with E-state index >= 15 is 0 Å². The molecule has 118 valence electrons. The van der Waals surface area contributed by atoms with E-state index in [1.807, 2.05) is 0 Å². The summed E-state index contributed by atoms with van der Waals surface area (Å²) < 4.78 is 0. The first-order valence-electron chi connectivity index (χ1n) is 8.45. The maximum Gasteiger partial charge on any atom is 0.166 e. The van der Waals surface area contributed by atoms with Gasteiger partial charge in [-0.25, -0.2) is 0 Å². The Kier molecular flexibility index (Phi) is 9.19. The Morgan fingerprint density at radius 2 is 1.85 bits per heavy atom. The monoisotopic (exact) mass is 299 g/mol. The van der Waals surface area contributed by atoms with Crippen molar-refractivity contribution < 1.29 is 0 Å². The van der Waals surface area contributed by atoms with Gasteiger partial charge < -0.3 is 15.5 Å². The van der Waals surface area contributed by atoms with Gasteiger partial charge in [-0.2, -0.15) is 0 Å². The zero-order chi connectivity index (χ0) is 14.8. The molecule has 0 amide bonds. The van der Waals surface area contributed by atoms with Crippen molar-refractivity contribution in [2.75, 3.05) is 19.6 Å². The Morgan fingerprint density at radius 3 is 2.45 bits per heavy atom. The Morgan fingerprint density at radius 1 is 1.20 bits per heavy atom. The number of rotatable bonds is 8. The summed E-state index contributed by atoms with van der Waals surface area (Å²) in [5.41, 5.74) is 0. The second-order valence-electron chi connectivity index (χ2n) is 6.02. The van der Waals surface area contributed by atoms with Gasteiger partial charge in [0, 0.05) is 12.1 Å². The molecular weight excluding hydrogens is 266 g/mol. The van der Waals surface area contributed by atoms with E-state index in [-0.39, 0.29) is 0 Å². The predicted molar refractivity (Wildman–Crippen MR) is 92.2 cm³/mol. The van der Waals surface area contributed by atoms with Crippen molar-refractivity contribution >= 4 is 17.3 Å². The topological polar surface area (TPSA) is 27.3 Å². The SMILES string of the molecule is CCN(CC)CCCC(C)NC(=S)NC1CCCCC1. The minimum atomic E-state index is 0.467. The van der Waals surface area contributed by atoms with Crippen LogP contribution in [0.25, 0.3) is 0 Å². The zero-order valence-corrected chi connectivity index (χ0v) is 14.4. The van der Waals surface area contributed by atoms with Crippen LogP contribution in [0.4, 0.5) is 0 Å². The Bertz CT molecular complexity index is 260. The van der Waals surface area contributed by atoms with Crippen LogP contribution in [-0.2, 0) is 0 Å². The summed E-state index contributed by atoms with van der Waals surface area (Å²) in [6.45, 7) is 10.2. The zero-order valence-electron chi connectivity index (χ0n) is 13.6. The van der Waals surface area contributed by atoms with Gasteiger partial charge in [0.25, 0.3) is 0 Å². The van der Waals surface area contributed by atoms with Crippen LogP contribution in [0.5, 0.6) is 0 Å². The van der Waals surface area contributed by atoms with Crippen LogP contribution in [0.2, 0.25) is 0 Å². The van der Waals surface area contributed by atoms with Gasteiger partial charge in [0.15, 0.2) is 5.11 Å². The summed E-state index contributed by atoms with van der Waals surface area (Å²) in [6.07, 6.45) is 9.06. The molecule has 0 heterocycles. The Hall–Kier alpha value is -0.350. The second kappa shape index (κ2) is 10.4. The molecule has 1 atom stereocenters. The summed E-state index contributed by atoms with van der Waals surface area (Å²) >= 11 is 5.43. The van der Waals surface area contributed by atoms with Crippen molar-refractivity contribution in [1.29, 1.82) is 0 Å². The van der Waals surface area contributed by atoms with Gasteiger partial charge in [0.05, 0.1) is 0 Å². The van der Waals surface area contributed by atoms with Gasteiger partial charge in [0.1, 0.15) is 0 Å². The third-order valence-electron chi connectivity index (χ3n) is 4.32. The van der Waals surface area contributed by atoms with Crippen molar-refractivity contribution in [2.24, 2.45) is 0 Å². The molecule has 2 N–H and O–H groups in total. The first kappa shape index (κ1) is 17.7. The molecule has 0 bridgehead atoms. The smallest absolute Gasteiger partial charge is 0.166 e. The molecule has 0 aromatic carbocycles. The van der Waals surface area contributed by atoms with Crippen molar-refractivity contribution in [3.8, 4) is 0 Å². The number of thiocarbonyl (C=S) groups is 1. The van der Waals surface area contributed by atoms with Crippen LogP contribution >= 0.6 is 12.2 Å². The number of hydrogen-bond donors (Lipinski definition) is 2. The molecule has 0 saturated heterocycles. The van der Waals surface area contributed by atoms with Gasteiger partial charge >= 0.3 is 0 Å². The third kappa shape index (κ3) is 7.44. The molecule has 1 fully saturated rings. The number of nitrogens with zero attached hydrogens (tertiary/aromatic N) is 1. The molecule has 1 unspecified atom stereocenters. The maximum atomic E-state index is 5.43. The molecule has 0 aliphatic heterocycles. The molecule has 1 aliphatic carbocycles. The highest BCUT2D eigenvalue weighted by Gasteiger charge is 2.14. The average Bonchev–Trinajstić information content (AvgIpc) is 2.44. The van der Waals surface area contributed by atoms with Crippen molar-refractivity contribution in [2.45, 2.75) is 77.8 Å². The highest BCUT2D eigenvalue weighted by Crippen LogP contribution is 2.17. The lowest BCUT2D eigenvalue weighted by atomic mass is 9.96. The van der Waals surface area contributed by atoms with Gasteiger partial charge in [-0.1, -0.05) is 33.1 Å². The fourth-order valence-electron chi connectivity index (χ4n) is 2.93. The molecule has 4 heteroatoms. The highest BCUT2D eigenvalue weighted by molar-refractivity contribution is 7.80. The molecule has 0 aromatic rings. The fourth-order valence-corrected chi connectivity index (χ4v) is 3.30. The first-order chi connectivity index (χ1) is 9.65. The molecule has 1 aliphatic rings. The van der Waals surface area contributed by atoms with Gasteiger partial charge in [-0.15, -0.1) is 0 Å². The molecule has 0 aromatic heterocycles. The van der Waals surface area contributed by atoms with Gasteiger partial charge in [-0.3, -0.25) is 0 Å². The fraction of sp³-hybridized carbons (Fsp3) is 0.938. The summed E-state index contributed by atoms with van der Waals surface area (Å²) in [5, 5.41) is 7.77. The van der Waals surface area contributed by atoms with Crippen LogP contribution < -0.4 is 10.6 Å². The Labute approximate surface area is 130 Å². The summed E-state index contributed by atoms with van der Waals surface area (Å²) in [4.78, 5) is 2.48. The summed E-state index contributed by atoms with van der Waals surface area (Å²) in [6, 6.07) is 1.07. The lowest BCUT2D eigenvalue weighted by Crippen LogP contribution is -2.45. The van der Waals surface area contributed by atoms with Crippen LogP contribution in [0, 0.1) is 0 Å². The van der Waals surface area contributed by atoms with E-state index in [9.17, 15) is 0 Å². The number of hydrogen-bond acceptors (Lipinski definition) is 2. The normalized spacial score (nSPS) is 18.0. The van der Waals surface area contributed by atoms with E-state index in [0.717, 1.165) is 18.2 Å². The van der Waals surface area contributed by atoms with E-state index in [2.05, 4.69) is 36.3 Å². The quantitative estimate of drug-likeness (QED) is 0.673.